The summed E-state index contributed by atoms with van der Waals surface area (Å²) in [6, 6.07) is 2.02. The monoisotopic (exact) mass is 227 g/mol. The highest BCUT2D eigenvalue weighted by molar-refractivity contribution is 9.08. The Morgan fingerprint density at radius 3 is 3.08 bits per heavy atom. The smallest absolute Gasteiger partial charge is 0.252 e. The van der Waals surface area contributed by atoms with Gasteiger partial charge in [-0.05, 0) is 30.9 Å². The standard InChI is InChI=1S/C9H10BrNO/c10-5-7-4-6-2-1-3-8(6)11-9(7)12/h4H,1-3,5H2,(H,11,12). The summed E-state index contributed by atoms with van der Waals surface area (Å²) in [7, 11) is 0. The summed E-state index contributed by atoms with van der Waals surface area (Å²) in [5.74, 6) is 0. The van der Waals surface area contributed by atoms with Gasteiger partial charge in [-0.2, -0.15) is 0 Å². The van der Waals surface area contributed by atoms with Crippen LogP contribution in [0.25, 0.3) is 0 Å². The number of aromatic nitrogens is 1. The largest absolute Gasteiger partial charge is 0.326 e. The van der Waals surface area contributed by atoms with Crippen LogP contribution in [0, 0.1) is 0 Å². The summed E-state index contributed by atoms with van der Waals surface area (Å²) in [5, 5.41) is 0.648. The molecule has 1 heterocycles. The Morgan fingerprint density at radius 1 is 1.50 bits per heavy atom. The third-order valence-corrected chi connectivity index (χ3v) is 2.91. The first kappa shape index (κ1) is 8.05. The van der Waals surface area contributed by atoms with Crippen LogP contribution in [-0.4, -0.2) is 4.98 Å². The lowest BCUT2D eigenvalue weighted by atomic mass is 10.2. The van der Waals surface area contributed by atoms with E-state index >= 15 is 0 Å². The van der Waals surface area contributed by atoms with Crippen LogP contribution in [0.2, 0.25) is 0 Å². The molecule has 3 heteroatoms. The van der Waals surface area contributed by atoms with Crippen LogP contribution in [0.5, 0.6) is 0 Å². The summed E-state index contributed by atoms with van der Waals surface area (Å²) >= 11 is 3.30. The Balaban J connectivity index is 2.57. The van der Waals surface area contributed by atoms with E-state index in [1.165, 1.54) is 12.0 Å². The second-order valence-electron chi connectivity index (χ2n) is 3.11. The van der Waals surface area contributed by atoms with Crippen LogP contribution >= 0.6 is 15.9 Å². The van der Waals surface area contributed by atoms with E-state index in [2.05, 4.69) is 20.9 Å². The second-order valence-corrected chi connectivity index (χ2v) is 3.68. The Bertz CT molecular complexity index is 356. The van der Waals surface area contributed by atoms with Gasteiger partial charge in [0.2, 0.25) is 0 Å². The molecule has 0 radical (unpaired) electrons. The zero-order valence-corrected chi connectivity index (χ0v) is 8.28. The molecule has 12 heavy (non-hydrogen) atoms. The lowest BCUT2D eigenvalue weighted by molar-refractivity contribution is 0.897. The van der Waals surface area contributed by atoms with Crippen molar-refractivity contribution in [2.24, 2.45) is 0 Å². The highest BCUT2D eigenvalue weighted by Gasteiger charge is 2.12. The van der Waals surface area contributed by atoms with Gasteiger partial charge in [0.15, 0.2) is 0 Å². The van der Waals surface area contributed by atoms with Crippen molar-refractivity contribution >= 4 is 15.9 Å². The molecule has 0 saturated carbocycles. The van der Waals surface area contributed by atoms with E-state index in [0.29, 0.717) is 5.33 Å². The van der Waals surface area contributed by atoms with E-state index in [4.69, 9.17) is 0 Å². The fourth-order valence-corrected chi connectivity index (χ4v) is 2.08. The summed E-state index contributed by atoms with van der Waals surface area (Å²) in [4.78, 5) is 14.2. The molecule has 0 unspecified atom stereocenters. The first-order chi connectivity index (χ1) is 5.81. The maximum Gasteiger partial charge on any atom is 0.252 e. The zero-order valence-electron chi connectivity index (χ0n) is 6.69. The summed E-state index contributed by atoms with van der Waals surface area (Å²) < 4.78 is 0. The number of nitrogens with one attached hydrogen (secondary N) is 1. The first-order valence-electron chi connectivity index (χ1n) is 4.11. The molecular weight excluding hydrogens is 218 g/mol. The number of aryl methyl sites for hydroxylation is 2. The lowest BCUT2D eigenvalue weighted by Crippen LogP contribution is -2.13. The highest BCUT2D eigenvalue weighted by atomic mass is 79.9. The topological polar surface area (TPSA) is 32.9 Å². The number of pyridine rings is 1. The van der Waals surface area contributed by atoms with Gasteiger partial charge in [-0.25, -0.2) is 0 Å². The number of fused-ring (bicyclic) bond motifs is 1. The number of aromatic amines is 1. The minimum Gasteiger partial charge on any atom is -0.326 e. The van der Waals surface area contributed by atoms with Gasteiger partial charge < -0.3 is 4.98 Å². The maximum atomic E-state index is 11.3. The molecule has 0 aliphatic heterocycles. The van der Waals surface area contributed by atoms with Gasteiger partial charge in [0.1, 0.15) is 0 Å². The molecule has 1 aliphatic carbocycles. The first-order valence-corrected chi connectivity index (χ1v) is 5.23. The van der Waals surface area contributed by atoms with E-state index in [1.54, 1.807) is 0 Å². The van der Waals surface area contributed by atoms with Gasteiger partial charge in [0.05, 0.1) is 0 Å². The van der Waals surface area contributed by atoms with Crippen molar-refractivity contribution in [1.82, 2.24) is 4.98 Å². The van der Waals surface area contributed by atoms with Gasteiger partial charge >= 0.3 is 0 Å². The Morgan fingerprint density at radius 2 is 2.33 bits per heavy atom. The summed E-state index contributed by atoms with van der Waals surface area (Å²) in [6.45, 7) is 0. The van der Waals surface area contributed by atoms with Crippen molar-refractivity contribution in [2.45, 2.75) is 24.6 Å². The van der Waals surface area contributed by atoms with E-state index in [1.807, 2.05) is 6.07 Å². The predicted octanol–water partition coefficient (Wildman–Crippen LogP) is 1.76. The third-order valence-electron chi connectivity index (χ3n) is 2.31. The average Bonchev–Trinajstić information content (AvgIpc) is 2.49. The van der Waals surface area contributed by atoms with Crippen LogP contribution in [0.15, 0.2) is 10.9 Å². The molecule has 2 nitrogen and oxygen atoms in total. The van der Waals surface area contributed by atoms with Gasteiger partial charge in [-0.3, -0.25) is 4.79 Å². The predicted molar refractivity (Wildman–Crippen MR) is 51.7 cm³/mol. The molecule has 1 aliphatic rings. The van der Waals surface area contributed by atoms with Crippen LogP contribution in [-0.2, 0) is 18.2 Å². The van der Waals surface area contributed by atoms with Gasteiger partial charge in [0, 0.05) is 16.6 Å². The molecule has 0 saturated heterocycles. The summed E-state index contributed by atoms with van der Waals surface area (Å²) in [5.41, 5.74) is 3.37. The molecule has 0 bridgehead atoms. The maximum absolute atomic E-state index is 11.3. The quantitative estimate of drug-likeness (QED) is 0.730. The van der Waals surface area contributed by atoms with Gasteiger partial charge in [-0.1, -0.05) is 15.9 Å². The molecule has 1 aromatic rings. The van der Waals surface area contributed by atoms with E-state index in [0.717, 1.165) is 24.1 Å². The molecule has 0 spiro atoms. The minimum absolute atomic E-state index is 0.0625. The number of halogens is 1. The second kappa shape index (κ2) is 3.05. The third kappa shape index (κ3) is 1.22. The van der Waals surface area contributed by atoms with Crippen molar-refractivity contribution in [1.29, 1.82) is 0 Å². The molecule has 0 amide bonds. The summed E-state index contributed by atoms with van der Waals surface area (Å²) in [6.07, 6.45) is 3.33. The number of hydrogen-bond acceptors (Lipinski definition) is 1. The minimum atomic E-state index is 0.0625. The molecule has 0 fully saturated rings. The molecule has 1 N–H and O–H groups in total. The van der Waals surface area contributed by atoms with Gasteiger partial charge in [-0.15, -0.1) is 0 Å². The molecule has 0 aromatic carbocycles. The molecule has 1 aromatic heterocycles. The van der Waals surface area contributed by atoms with Crippen LogP contribution < -0.4 is 5.56 Å². The van der Waals surface area contributed by atoms with E-state index in [-0.39, 0.29) is 5.56 Å². The van der Waals surface area contributed by atoms with E-state index in [9.17, 15) is 4.79 Å². The molecular formula is C9H10BrNO. The van der Waals surface area contributed by atoms with Crippen LogP contribution in [0.4, 0.5) is 0 Å². The van der Waals surface area contributed by atoms with Crippen LogP contribution in [0.1, 0.15) is 23.2 Å². The molecule has 2 rings (SSSR count). The normalized spacial score (nSPS) is 14.8. The SMILES string of the molecule is O=c1[nH]c2c(cc1CBr)CCC2. The van der Waals surface area contributed by atoms with Crippen molar-refractivity contribution < 1.29 is 0 Å². The molecule has 0 atom stereocenters. The van der Waals surface area contributed by atoms with Crippen molar-refractivity contribution in [3.05, 3.63) is 33.2 Å². The number of alkyl halides is 1. The molecule has 64 valence electrons. The Kier molecular flexibility index (Phi) is 2.05. The van der Waals surface area contributed by atoms with Crippen molar-refractivity contribution in [2.75, 3.05) is 0 Å². The van der Waals surface area contributed by atoms with E-state index < -0.39 is 0 Å². The Hall–Kier alpha value is -0.570. The highest BCUT2D eigenvalue weighted by Crippen LogP contribution is 2.19. The van der Waals surface area contributed by atoms with Crippen molar-refractivity contribution in [3.63, 3.8) is 0 Å². The average molecular weight is 228 g/mol. The fourth-order valence-electron chi connectivity index (χ4n) is 1.66. The number of hydrogen-bond donors (Lipinski definition) is 1. The number of H-pyrrole nitrogens is 1. The lowest BCUT2D eigenvalue weighted by Gasteiger charge is -2.00. The fraction of sp³-hybridized carbons (Fsp3) is 0.444. The Labute approximate surface area is 79.1 Å². The number of rotatable bonds is 1. The van der Waals surface area contributed by atoms with Crippen molar-refractivity contribution in [3.8, 4) is 0 Å². The van der Waals surface area contributed by atoms with Crippen LogP contribution in [0.3, 0.4) is 0 Å². The van der Waals surface area contributed by atoms with Gasteiger partial charge in [0.25, 0.3) is 5.56 Å². The zero-order chi connectivity index (χ0) is 8.55.